The van der Waals surface area contributed by atoms with Crippen molar-refractivity contribution in [1.29, 1.82) is 0 Å². The van der Waals surface area contributed by atoms with Gasteiger partial charge in [0.2, 0.25) is 0 Å². The zero-order valence-electron chi connectivity index (χ0n) is 8.57. The molecular formula is C11H21Cl. The van der Waals surface area contributed by atoms with Crippen molar-refractivity contribution in [2.24, 2.45) is 17.3 Å². The van der Waals surface area contributed by atoms with Crippen LogP contribution >= 0.6 is 11.6 Å². The molecule has 1 saturated carbocycles. The van der Waals surface area contributed by atoms with Crippen molar-refractivity contribution in [3.63, 3.8) is 0 Å². The highest BCUT2D eigenvalue weighted by molar-refractivity contribution is 6.18. The van der Waals surface area contributed by atoms with E-state index in [0.717, 1.165) is 17.7 Å². The van der Waals surface area contributed by atoms with Crippen LogP contribution in [0.4, 0.5) is 0 Å². The largest absolute Gasteiger partial charge is 0.126 e. The second-order valence-corrected chi connectivity index (χ2v) is 5.34. The van der Waals surface area contributed by atoms with Gasteiger partial charge in [0.05, 0.1) is 0 Å². The molecule has 0 aromatic carbocycles. The van der Waals surface area contributed by atoms with Gasteiger partial charge in [-0.3, -0.25) is 0 Å². The van der Waals surface area contributed by atoms with Gasteiger partial charge in [-0.25, -0.2) is 0 Å². The molecule has 1 fully saturated rings. The summed E-state index contributed by atoms with van der Waals surface area (Å²) in [5, 5.41) is 0. The summed E-state index contributed by atoms with van der Waals surface area (Å²) in [7, 11) is 0. The third kappa shape index (κ3) is 2.97. The van der Waals surface area contributed by atoms with E-state index in [1.54, 1.807) is 0 Å². The van der Waals surface area contributed by atoms with Gasteiger partial charge in [0.15, 0.2) is 0 Å². The molecule has 1 atom stereocenters. The predicted octanol–water partition coefficient (Wildman–Crippen LogP) is 4.08. The molecule has 1 heteroatoms. The summed E-state index contributed by atoms with van der Waals surface area (Å²) in [6.07, 6.45) is 5.46. The summed E-state index contributed by atoms with van der Waals surface area (Å²) < 4.78 is 0. The van der Waals surface area contributed by atoms with Crippen molar-refractivity contribution >= 4 is 11.6 Å². The fourth-order valence-electron chi connectivity index (χ4n) is 2.20. The van der Waals surface area contributed by atoms with Gasteiger partial charge in [-0.1, -0.05) is 20.8 Å². The van der Waals surface area contributed by atoms with Crippen molar-refractivity contribution in [1.82, 2.24) is 0 Å². The Balaban J connectivity index is 2.21. The lowest BCUT2D eigenvalue weighted by atomic mass is 9.88. The fraction of sp³-hybridized carbons (Fsp3) is 1.00. The molecule has 0 nitrogen and oxygen atoms in total. The van der Waals surface area contributed by atoms with Crippen LogP contribution in [0.5, 0.6) is 0 Å². The number of rotatable bonds is 5. The van der Waals surface area contributed by atoms with E-state index in [1.807, 2.05) is 0 Å². The Morgan fingerprint density at radius 1 is 1.25 bits per heavy atom. The summed E-state index contributed by atoms with van der Waals surface area (Å²) in [6.45, 7) is 6.97. The van der Waals surface area contributed by atoms with E-state index in [4.69, 9.17) is 11.6 Å². The Bertz CT molecular complexity index is 136. The average Bonchev–Trinajstić information content (AvgIpc) is 2.67. The van der Waals surface area contributed by atoms with Crippen LogP contribution < -0.4 is 0 Å². The van der Waals surface area contributed by atoms with E-state index in [0.29, 0.717) is 5.41 Å². The average molecular weight is 189 g/mol. The zero-order chi connectivity index (χ0) is 9.19. The highest BCUT2D eigenvalue weighted by Gasteiger charge is 2.42. The fourth-order valence-corrected chi connectivity index (χ4v) is 2.57. The number of alkyl halides is 1. The van der Waals surface area contributed by atoms with Gasteiger partial charge < -0.3 is 0 Å². The van der Waals surface area contributed by atoms with E-state index in [2.05, 4.69) is 20.8 Å². The van der Waals surface area contributed by atoms with Gasteiger partial charge >= 0.3 is 0 Å². The number of hydrogen-bond donors (Lipinski definition) is 0. The molecule has 72 valence electrons. The highest BCUT2D eigenvalue weighted by Crippen LogP contribution is 2.51. The van der Waals surface area contributed by atoms with Crippen molar-refractivity contribution in [2.75, 3.05) is 5.88 Å². The molecule has 0 amide bonds. The van der Waals surface area contributed by atoms with Crippen LogP contribution in [0.3, 0.4) is 0 Å². The molecule has 12 heavy (non-hydrogen) atoms. The van der Waals surface area contributed by atoms with Crippen molar-refractivity contribution < 1.29 is 0 Å². The van der Waals surface area contributed by atoms with E-state index < -0.39 is 0 Å². The lowest BCUT2D eigenvalue weighted by Crippen LogP contribution is -2.10. The maximum absolute atomic E-state index is 5.94. The lowest BCUT2D eigenvalue weighted by molar-refractivity contribution is 0.345. The van der Waals surface area contributed by atoms with Crippen molar-refractivity contribution in [3.05, 3.63) is 0 Å². The molecule has 1 rings (SSSR count). The molecule has 0 spiro atoms. The van der Waals surface area contributed by atoms with Gasteiger partial charge in [-0.05, 0) is 42.9 Å². The molecule has 0 bridgehead atoms. The summed E-state index contributed by atoms with van der Waals surface area (Å²) >= 11 is 5.94. The third-order valence-corrected chi connectivity index (χ3v) is 3.46. The van der Waals surface area contributed by atoms with E-state index in [-0.39, 0.29) is 0 Å². The minimum absolute atomic E-state index is 0.565. The molecule has 1 unspecified atom stereocenters. The molecular weight excluding hydrogens is 168 g/mol. The number of hydrogen-bond acceptors (Lipinski definition) is 0. The van der Waals surface area contributed by atoms with Crippen molar-refractivity contribution in [2.45, 2.75) is 46.5 Å². The summed E-state index contributed by atoms with van der Waals surface area (Å²) in [5.74, 6) is 2.59. The molecule has 0 saturated heterocycles. The molecule has 0 aromatic heterocycles. The van der Waals surface area contributed by atoms with Crippen molar-refractivity contribution in [3.8, 4) is 0 Å². The van der Waals surface area contributed by atoms with Gasteiger partial charge in [0.1, 0.15) is 0 Å². The molecule has 0 aliphatic heterocycles. The Kier molecular flexibility index (Phi) is 3.46. The minimum atomic E-state index is 0.565. The van der Waals surface area contributed by atoms with Gasteiger partial charge in [-0.15, -0.1) is 11.6 Å². The Labute approximate surface area is 81.7 Å². The van der Waals surface area contributed by atoms with Crippen LogP contribution in [-0.4, -0.2) is 5.88 Å². The maximum atomic E-state index is 5.94. The van der Waals surface area contributed by atoms with Crippen LogP contribution in [0.15, 0.2) is 0 Å². The van der Waals surface area contributed by atoms with Gasteiger partial charge in [0.25, 0.3) is 0 Å². The zero-order valence-corrected chi connectivity index (χ0v) is 9.32. The first-order chi connectivity index (χ1) is 5.58. The summed E-state index contributed by atoms with van der Waals surface area (Å²) in [4.78, 5) is 0. The Morgan fingerprint density at radius 2 is 1.83 bits per heavy atom. The quantitative estimate of drug-likeness (QED) is 0.571. The third-order valence-electron chi connectivity index (χ3n) is 2.90. The normalized spacial score (nSPS) is 22.8. The molecule has 0 radical (unpaired) electrons. The minimum Gasteiger partial charge on any atom is -0.126 e. The molecule has 0 heterocycles. The first kappa shape index (κ1) is 10.4. The van der Waals surface area contributed by atoms with E-state index >= 15 is 0 Å². The van der Waals surface area contributed by atoms with E-state index in [9.17, 15) is 0 Å². The second kappa shape index (κ2) is 4.00. The standard InChI is InChI=1S/C11H21Cl/c1-9(2)6-10(3)7-11(8-12)4-5-11/h9-10H,4-8H2,1-3H3. The van der Waals surface area contributed by atoms with Crippen LogP contribution in [0.1, 0.15) is 46.5 Å². The Hall–Kier alpha value is 0.290. The lowest BCUT2D eigenvalue weighted by Gasteiger charge is -2.19. The van der Waals surface area contributed by atoms with Crippen LogP contribution in [0.2, 0.25) is 0 Å². The van der Waals surface area contributed by atoms with Crippen LogP contribution in [0, 0.1) is 17.3 Å². The molecule has 1 aliphatic carbocycles. The molecule has 0 aromatic rings. The molecule has 1 aliphatic rings. The maximum Gasteiger partial charge on any atom is 0.0280 e. The second-order valence-electron chi connectivity index (χ2n) is 5.07. The first-order valence-corrected chi connectivity index (χ1v) is 5.67. The monoisotopic (exact) mass is 188 g/mol. The first-order valence-electron chi connectivity index (χ1n) is 5.14. The van der Waals surface area contributed by atoms with Crippen LogP contribution in [-0.2, 0) is 0 Å². The number of halogens is 1. The Morgan fingerprint density at radius 3 is 2.17 bits per heavy atom. The summed E-state index contributed by atoms with van der Waals surface area (Å²) in [5.41, 5.74) is 0.565. The predicted molar refractivity (Wildman–Crippen MR) is 55.6 cm³/mol. The van der Waals surface area contributed by atoms with Gasteiger partial charge in [-0.2, -0.15) is 0 Å². The highest BCUT2D eigenvalue weighted by atomic mass is 35.5. The molecule has 0 N–H and O–H groups in total. The van der Waals surface area contributed by atoms with Gasteiger partial charge in [0, 0.05) is 5.88 Å². The topological polar surface area (TPSA) is 0 Å². The SMILES string of the molecule is CC(C)CC(C)CC1(CCl)CC1. The smallest absolute Gasteiger partial charge is 0.0280 e. The van der Waals surface area contributed by atoms with E-state index in [1.165, 1.54) is 25.7 Å². The van der Waals surface area contributed by atoms with Crippen LogP contribution in [0.25, 0.3) is 0 Å². The summed E-state index contributed by atoms with van der Waals surface area (Å²) in [6, 6.07) is 0.